The Kier molecular flexibility index (Phi) is 4.58. The Morgan fingerprint density at radius 2 is 2.21 bits per heavy atom. The molecule has 2 unspecified atom stereocenters. The molecule has 2 atom stereocenters. The predicted octanol–water partition coefficient (Wildman–Crippen LogP) is 1.75. The lowest BCUT2D eigenvalue weighted by Gasteiger charge is -2.31. The van der Waals surface area contributed by atoms with Gasteiger partial charge in [0.15, 0.2) is 5.82 Å². The van der Waals surface area contributed by atoms with Crippen LogP contribution in [0.1, 0.15) is 45.6 Å². The van der Waals surface area contributed by atoms with Gasteiger partial charge in [0.05, 0.1) is 0 Å². The maximum atomic E-state index is 12.3. The Morgan fingerprint density at radius 1 is 1.47 bits per heavy atom. The van der Waals surface area contributed by atoms with E-state index in [1.807, 2.05) is 13.8 Å². The van der Waals surface area contributed by atoms with Gasteiger partial charge in [0, 0.05) is 24.5 Å². The largest absolute Gasteiger partial charge is 0.362 e. The predicted molar refractivity (Wildman–Crippen MR) is 77.3 cm³/mol. The average molecular weight is 264 g/mol. The van der Waals surface area contributed by atoms with Crippen LogP contribution in [0.15, 0.2) is 17.2 Å². The van der Waals surface area contributed by atoms with Crippen molar-refractivity contribution in [1.82, 2.24) is 9.55 Å². The lowest BCUT2D eigenvalue weighted by atomic mass is 9.84. The van der Waals surface area contributed by atoms with E-state index in [-0.39, 0.29) is 17.6 Å². The lowest BCUT2D eigenvalue weighted by Crippen LogP contribution is -2.39. The first-order valence-corrected chi connectivity index (χ1v) is 7.17. The molecule has 0 aromatic carbocycles. The fourth-order valence-electron chi connectivity index (χ4n) is 2.79. The summed E-state index contributed by atoms with van der Waals surface area (Å²) in [6.07, 6.45) is 8.06. The van der Waals surface area contributed by atoms with Crippen molar-refractivity contribution in [2.75, 3.05) is 11.9 Å². The molecule has 1 aliphatic rings. The molecular formula is C14H24N4O. The summed E-state index contributed by atoms with van der Waals surface area (Å²) in [4.78, 5) is 16.5. The summed E-state index contributed by atoms with van der Waals surface area (Å²) in [5.41, 5.74) is 5.78. The summed E-state index contributed by atoms with van der Waals surface area (Å²) in [7, 11) is 0. The van der Waals surface area contributed by atoms with E-state index in [0.29, 0.717) is 18.3 Å². The van der Waals surface area contributed by atoms with Gasteiger partial charge in [0.25, 0.3) is 5.56 Å². The number of anilines is 1. The summed E-state index contributed by atoms with van der Waals surface area (Å²) in [5, 5.41) is 3.32. The third-order valence-corrected chi connectivity index (χ3v) is 3.96. The molecule has 5 nitrogen and oxygen atoms in total. The van der Waals surface area contributed by atoms with Crippen LogP contribution in [0.25, 0.3) is 0 Å². The van der Waals surface area contributed by atoms with E-state index in [1.165, 1.54) is 12.8 Å². The number of nitrogens with zero attached hydrogens (tertiary/aromatic N) is 2. The van der Waals surface area contributed by atoms with E-state index in [9.17, 15) is 4.79 Å². The minimum Gasteiger partial charge on any atom is -0.362 e. The molecule has 0 saturated heterocycles. The topological polar surface area (TPSA) is 72.9 Å². The number of aromatic nitrogens is 2. The highest BCUT2D eigenvalue weighted by Gasteiger charge is 2.25. The molecular weight excluding hydrogens is 240 g/mol. The zero-order chi connectivity index (χ0) is 13.8. The van der Waals surface area contributed by atoms with Crippen LogP contribution in [0, 0.1) is 5.92 Å². The Balaban J connectivity index is 2.18. The summed E-state index contributed by atoms with van der Waals surface area (Å²) >= 11 is 0. The highest BCUT2D eigenvalue weighted by atomic mass is 16.1. The van der Waals surface area contributed by atoms with Crippen molar-refractivity contribution in [3.05, 3.63) is 22.7 Å². The van der Waals surface area contributed by atoms with E-state index >= 15 is 0 Å². The first-order chi connectivity index (χ1) is 9.13. The second-order valence-corrected chi connectivity index (χ2v) is 5.61. The first-order valence-electron chi connectivity index (χ1n) is 7.17. The van der Waals surface area contributed by atoms with Crippen LogP contribution in [0.2, 0.25) is 0 Å². The molecule has 0 spiro atoms. The summed E-state index contributed by atoms with van der Waals surface area (Å²) in [5.74, 6) is 0.907. The van der Waals surface area contributed by atoms with Crippen LogP contribution in [0.5, 0.6) is 0 Å². The second-order valence-electron chi connectivity index (χ2n) is 5.61. The number of nitrogens with one attached hydrogen (secondary N) is 1. The van der Waals surface area contributed by atoms with Crippen molar-refractivity contribution in [3.8, 4) is 0 Å². The van der Waals surface area contributed by atoms with Gasteiger partial charge in [-0.3, -0.25) is 4.79 Å². The van der Waals surface area contributed by atoms with Crippen LogP contribution < -0.4 is 16.6 Å². The average Bonchev–Trinajstić information content (AvgIpc) is 2.41. The van der Waals surface area contributed by atoms with E-state index in [0.717, 1.165) is 12.8 Å². The Morgan fingerprint density at radius 3 is 2.89 bits per heavy atom. The maximum absolute atomic E-state index is 12.3. The number of hydrogen-bond acceptors (Lipinski definition) is 4. The molecule has 1 heterocycles. The van der Waals surface area contributed by atoms with Crippen LogP contribution in [0.4, 0.5) is 5.82 Å². The van der Waals surface area contributed by atoms with E-state index in [1.54, 1.807) is 17.0 Å². The van der Waals surface area contributed by atoms with Gasteiger partial charge in [-0.05, 0) is 39.2 Å². The molecule has 0 amide bonds. The molecule has 0 aliphatic heterocycles. The van der Waals surface area contributed by atoms with Crippen molar-refractivity contribution < 1.29 is 0 Å². The van der Waals surface area contributed by atoms with Gasteiger partial charge in [-0.2, -0.15) is 0 Å². The van der Waals surface area contributed by atoms with Gasteiger partial charge >= 0.3 is 0 Å². The van der Waals surface area contributed by atoms with Crippen molar-refractivity contribution in [2.24, 2.45) is 11.7 Å². The third kappa shape index (κ3) is 3.15. The van der Waals surface area contributed by atoms with Crippen molar-refractivity contribution >= 4 is 5.82 Å². The Labute approximate surface area is 114 Å². The van der Waals surface area contributed by atoms with Crippen molar-refractivity contribution in [2.45, 2.75) is 51.6 Å². The van der Waals surface area contributed by atoms with Gasteiger partial charge in [0.2, 0.25) is 0 Å². The second kappa shape index (κ2) is 6.19. The Hall–Kier alpha value is -1.36. The molecule has 1 aliphatic carbocycles. The fourth-order valence-corrected chi connectivity index (χ4v) is 2.79. The van der Waals surface area contributed by atoms with Gasteiger partial charge in [0.1, 0.15) is 0 Å². The highest BCUT2D eigenvalue weighted by Crippen LogP contribution is 2.25. The molecule has 3 N–H and O–H groups in total. The Bertz CT molecular complexity index is 469. The van der Waals surface area contributed by atoms with Crippen LogP contribution in [-0.2, 0) is 0 Å². The monoisotopic (exact) mass is 264 g/mol. The quantitative estimate of drug-likeness (QED) is 0.869. The lowest BCUT2D eigenvalue weighted by molar-refractivity contribution is 0.331. The zero-order valence-electron chi connectivity index (χ0n) is 11.8. The smallest absolute Gasteiger partial charge is 0.293 e. The minimum atomic E-state index is -0.0427. The van der Waals surface area contributed by atoms with Gasteiger partial charge in [-0.1, -0.05) is 12.8 Å². The number of hydrogen-bond donors (Lipinski definition) is 2. The van der Waals surface area contributed by atoms with Gasteiger partial charge < -0.3 is 15.6 Å². The normalized spacial score (nSPS) is 23.6. The van der Waals surface area contributed by atoms with Crippen LogP contribution in [0.3, 0.4) is 0 Å². The summed E-state index contributed by atoms with van der Waals surface area (Å²) in [6.45, 7) is 4.66. The van der Waals surface area contributed by atoms with Crippen molar-refractivity contribution in [1.29, 1.82) is 0 Å². The van der Waals surface area contributed by atoms with E-state index in [2.05, 4.69) is 10.3 Å². The molecule has 1 aromatic heterocycles. The standard InChI is InChI=1S/C14H24N4O/c1-10(2)18-8-7-16-13(14(18)19)17-12-6-4-3-5-11(12)9-15/h7-8,10-12H,3-6,9,15H2,1-2H3,(H,16,17). The summed E-state index contributed by atoms with van der Waals surface area (Å²) in [6, 6.07) is 0.426. The van der Waals surface area contributed by atoms with E-state index in [4.69, 9.17) is 5.73 Å². The van der Waals surface area contributed by atoms with Crippen LogP contribution >= 0.6 is 0 Å². The number of nitrogens with two attached hydrogens (primary N) is 1. The maximum Gasteiger partial charge on any atom is 0.293 e. The van der Waals surface area contributed by atoms with Crippen LogP contribution in [-0.4, -0.2) is 22.1 Å². The van der Waals surface area contributed by atoms with E-state index < -0.39 is 0 Å². The molecule has 1 saturated carbocycles. The SMILES string of the molecule is CC(C)n1ccnc(NC2CCCCC2CN)c1=O. The highest BCUT2D eigenvalue weighted by molar-refractivity contribution is 5.33. The molecule has 19 heavy (non-hydrogen) atoms. The third-order valence-electron chi connectivity index (χ3n) is 3.96. The first kappa shape index (κ1) is 14.1. The molecule has 5 heteroatoms. The fraction of sp³-hybridized carbons (Fsp3) is 0.714. The number of rotatable bonds is 4. The van der Waals surface area contributed by atoms with Gasteiger partial charge in [-0.15, -0.1) is 0 Å². The zero-order valence-corrected chi connectivity index (χ0v) is 11.8. The molecule has 2 rings (SSSR count). The molecule has 0 bridgehead atoms. The van der Waals surface area contributed by atoms with Crippen molar-refractivity contribution in [3.63, 3.8) is 0 Å². The molecule has 1 aromatic rings. The van der Waals surface area contributed by atoms with Gasteiger partial charge in [-0.25, -0.2) is 4.98 Å². The molecule has 0 radical (unpaired) electrons. The summed E-state index contributed by atoms with van der Waals surface area (Å²) < 4.78 is 1.70. The molecule has 106 valence electrons. The molecule has 1 fully saturated rings. The minimum absolute atomic E-state index is 0.0427.